The fourth-order valence-corrected chi connectivity index (χ4v) is 3.96. The summed E-state index contributed by atoms with van der Waals surface area (Å²) in [6.07, 6.45) is 0.201. The highest BCUT2D eigenvalue weighted by Gasteiger charge is 2.39. The van der Waals surface area contributed by atoms with Gasteiger partial charge in [-0.15, -0.1) is 0 Å². The molecule has 36 heavy (non-hydrogen) atoms. The third-order valence-corrected chi connectivity index (χ3v) is 5.98. The van der Waals surface area contributed by atoms with E-state index in [1.807, 2.05) is 88.4 Å². The summed E-state index contributed by atoms with van der Waals surface area (Å²) in [5.41, 5.74) is 1.15. The monoisotopic (exact) mass is 487 g/mol. The lowest BCUT2D eigenvalue weighted by molar-refractivity contribution is -0.145. The third-order valence-electron chi connectivity index (χ3n) is 5.98. The first kappa shape index (κ1) is 26.7. The third kappa shape index (κ3) is 6.39. The van der Waals surface area contributed by atoms with Crippen molar-refractivity contribution in [2.45, 2.75) is 51.2 Å². The van der Waals surface area contributed by atoms with Crippen molar-refractivity contribution in [2.75, 3.05) is 7.11 Å². The van der Waals surface area contributed by atoms with Gasteiger partial charge in [0.25, 0.3) is 0 Å². The van der Waals surface area contributed by atoms with E-state index in [1.54, 1.807) is 24.3 Å². The van der Waals surface area contributed by atoms with Crippen LogP contribution in [0.5, 0.6) is 0 Å². The maximum absolute atomic E-state index is 13.8. The highest BCUT2D eigenvalue weighted by Crippen LogP contribution is 2.32. The minimum atomic E-state index is -1.03. The number of carbonyl (C=O) groups is 3. The van der Waals surface area contributed by atoms with Crippen LogP contribution in [0.25, 0.3) is 0 Å². The molecule has 1 atom stereocenters. The number of ether oxygens (including phenoxy) is 2. The smallest absolute Gasteiger partial charge is 0.338 e. The molecule has 3 aromatic rings. The molecule has 0 aromatic heterocycles. The lowest BCUT2D eigenvalue weighted by Crippen LogP contribution is -2.51. The van der Waals surface area contributed by atoms with E-state index in [1.165, 1.54) is 7.11 Å². The van der Waals surface area contributed by atoms with Gasteiger partial charge in [0.15, 0.2) is 0 Å². The molecule has 0 radical (unpaired) electrons. The number of rotatable bonds is 8. The van der Waals surface area contributed by atoms with Crippen molar-refractivity contribution in [3.8, 4) is 0 Å². The minimum Gasteiger partial charge on any atom is -0.467 e. The predicted octanol–water partition coefficient (Wildman–Crippen LogP) is 4.85. The number of nitrogens with one attached hydrogen (secondary N) is 1. The maximum Gasteiger partial charge on any atom is 0.338 e. The fourth-order valence-electron chi connectivity index (χ4n) is 3.96. The van der Waals surface area contributed by atoms with Crippen LogP contribution in [0.2, 0.25) is 0 Å². The van der Waals surface area contributed by atoms with E-state index < -0.39 is 29.0 Å². The standard InChI is InChI=1S/C30H33NO5/c1-29(2,3)36-26(32)22-18-16-21(17-19-22)20-25(27(33)35-5)31-28(34)30(4,23-12-8-6-9-13-23)24-14-10-7-11-15-24/h6-19,25H,20H2,1-5H3,(H,31,34)/t25-/m0/s1. The van der Waals surface area contributed by atoms with Gasteiger partial charge in [0.2, 0.25) is 5.91 Å². The molecule has 1 amide bonds. The minimum absolute atomic E-state index is 0.201. The summed E-state index contributed by atoms with van der Waals surface area (Å²) in [7, 11) is 1.29. The van der Waals surface area contributed by atoms with Gasteiger partial charge in [0.05, 0.1) is 18.1 Å². The lowest BCUT2D eigenvalue weighted by atomic mass is 9.75. The number of carbonyl (C=O) groups excluding carboxylic acids is 3. The summed E-state index contributed by atoms with van der Waals surface area (Å²) in [4.78, 5) is 38.8. The number of methoxy groups -OCH3 is 1. The number of esters is 2. The second-order valence-electron chi connectivity index (χ2n) is 9.81. The molecule has 0 saturated heterocycles. The van der Waals surface area contributed by atoms with Crippen LogP contribution in [0.4, 0.5) is 0 Å². The molecule has 0 bridgehead atoms. The first-order valence-electron chi connectivity index (χ1n) is 11.9. The zero-order chi connectivity index (χ0) is 26.3. The topological polar surface area (TPSA) is 81.7 Å². The molecule has 0 fully saturated rings. The van der Waals surface area contributed by atoms with Crippen molar-refractivity contribution in [1.82, 2.24) is 5.32 Å². The molecule has 0 saturated carbocycles. The molecule has 0 aliphatic heterocycles. The lowest BCUT2D eigenvalue weighted by Gasteiger charge is -2.31. The van der Waals surface area contributed by atoms with Crippen LogP contribution < -0.4 is 5.32 Å². The van der Waals surface area contributed by atoms with Crippen molar-refractivity contribution in [3.63, 3.8) is 0 Å². The van der Waals surface area contributed by atoms with E-state index >= 15 is 0 Å². The van der Waals surface area contributed by atoms with E-state index in [4.69, 9.17) is 9.47 Å². The molecular weight excluding hydrogens is 454 g/mol. The van der Waals surface area contributed by atoms with Crippen LogP contribution in [0.15, 0.2) is 84.9 Å². The molecule has 0 unspecified atom stereocenters. The quantitative estimate of drug-likeness (QED) is 0.460. The Morgan fingerprint density at radius 3 is 1.72 bits per heavy atom. The summed E-state index contributed by atoms with van der Waals surface area (Å²) < 4.78 is 10.4. The number of amides is 1. The van der Waals surface area contributed by atoms with Gasteiger partial charge in [0.1, 0.15) is 11.6 Å². The van der Waals surface area contributed by atoms with Crippen LogP contribution in [-0.4, -0.2) is 36.6 Å². The Morgan fingerprint density at radius 1 is 0.778 bits per heavy atom. The van der Waals surface area contributed by atoms with Crippen molar-refractivity contribution in [3.05, 3.63) is 107 Å². The Morgan fingerprint density at radius 2 is 1.28 bits per heavy atom. The van der Waals surface area contributed by atoms with Crippen LogP contribution in [0.3, 0.4) is 0 Å². The Kier molecular flexibility index (Phi) is 8.30. The van der Waals surface area contributed by atoms with Gasteiger partial charge in [-0.25, -0.2) is 9.59 Å². The van der Waals surface area contributed by atoms with E-state index in [0.717, 1.165) is 16.7 Å². The summed E-state index contributed by atoms with van der Waals surface area (Å²) in [5.74, 6) is -1.29. The average Bonchev–Trinajstić information content (AvgIpc) is 2.87. The molecular formula is C30H33NO5. The first-order valence-corrected chi connectivity index (χ1v) is 11.9. The first-order chi connectivity index (χ1) is 17.0. The van der Waals surface area contributed by atoms with Gasteiger partial charge in [-0.1, -0.05) is 72.8 Å². The second-order valence-corrected chi connectivity index (χ2v) is 9.81. The highest BCUT2D eigenvalue weighted by atomic mass is 16.6. The highest BCUT2D eigenvalue weighted by molar-refractivity contribution is 5.94. The van der Waals surface area contributed by atoms with Crippen LogP contribution in [-0.2, 0) is 30.9 Å². The molecule has 3 aromatic carbocycles. The average molecular weight is 488 g/mol. The number of hydrogen-bond donors (Lipinski definition) is 1. The molecule has 6 nitrogen and oxygen atoms in total. The predicted molar refractivity (Wildman–Crippen MR) is 139 cm³/mol. The van der Waals surface area contributed by atoms with Gasteiger partial charge in [-0.05, 0) is 56.5 Å². The molecule has 6 heteroatoms. The largest absolute Gasteiger partial charge is 0.467 e. The maximum atomic E-state index is 13.8. The zero-order valence-electron chi connectivity index (χ0n) is 21.4. The van der Waals surface area contributed by atoms with Gasteiger partial charge in [-0.3, -0.25) is 4.79 Å². The zero-order valence-corrected chi connectivity index (χ0v) is 21.4. The Bertz CT molecular complexity index is 1140. The molecule has 188 valence electrons. The van der Waals surface area contributed by atoms with Crippen LogP contribution >= 0.6 is 0 Å². The van der Waals surface area contributed by atoms with Crippen molar-refractivity contribution in [2.24, 2.45) is 0 Å². The summed E-state index contributed by atoms with van der Waals surface area (Å²) in [6.45, 7) is 7.27. The molecule has 0 heterocycles. The molecule has 0 aliphatic rings. The SMILES string of the molecule is COC(=O)[C@H](Cc1ccc(C(=O)OC(C)(C)C)cc1)NC(=O)C(C)(c1ccccc1)c1ccccc1. The Hall–Kier alpha value is -3.93. The molecule has 0 aliphatic carbocycles. The van der Waals surface area contributed by atoms with E-state index in [9.17, 15) is 14.4 Å². The fraction of sp³-hybridized carbons (Fsp3) is 0.300. The van der Waals surface area contributed by atoms with E-state index in [2.05, 4.69) is 5.32 Å². The Balaban J connectivity index is 1.85. The van der Waals surface area contributed by atoms with Crippen LogP contribution in [0.1, 0.15) is 54.7 Å². The summed E-state index contributed by atoms with van der Waals surface area (Å²) >= 11 is 0. The van der Waals surface area contributed by atoms with Gasteiger partial charge in [0, 0.05) is 6.42 Å². The molecule has 1 N–H and O–H groups in total. The second kappa shape index (κ2) is 11.2. The summed E-state index contributed by atoms with van der Waals surface area (Å²) in [6, 6.07) is 24.8. The van der Waals surface area contributed by atoms with Gasteiger partial charge >= 0.3 is 11.9 Å². The van der Waals surface area contributed by atoms with Crippen molar-refractivity contribution < 1.29 is 23.9 Å². The summed E-state index contributed by atoms with van der Waals surface area (Å²) in [5, 5.41) is 2.92. The van der Waals surface area contributed by atoms with Crippen molar-refractivity contribution in [1.29, 1.82) is 0 Å². The Labute approximate surface area is 212 Å². The van der Waals surface area contributed by atoms with E-state index in [0.29, 0.717) is 5.56 Å². The van der Waals surface area contributed by atoms with Gasteiger partial charge < -0.3 is 14.8 Å². The van der Waals surface area contributed by atoms with E-state index in [-0.39, 0.29) is 12.3 Å². The number of hydrogen-bond acceptors (Lipinski definition) is 5. The number of benzene rings is 3. The van der Waals surface area contributed by atoms with Crippen LogP contribution in [0, 0.1) is 0 Å². The van der Waals surface area contributed by atoms with Crippen molar-refractivity contribution >= 4 is 17.8 Å². The normalized spacial score (nSPS) is 12.4. The van der Waals surface area contributed by atoms with Gasteiger partial charge in [-0.2, -0.15) is 0 Å². The molecule has 3 rings (SSSR count). The molecule has 0 spiro atoms.